The molecule has 1 aromatic rings. The van der Waals surface area contributed by atoms with Gasteiger partial charge < -0.3 is 16.0 Å². The van der Waals surface area contributed by atoms with Crippen LogP contribution in [0.5, 0.6) is 0 Å². The third-order valence-electron chi connectivity index (χ3n) is 2.87. The predicted octanol–water partition coefficient (Wildman–Crippen LogP) is 1.64. The molecule has 1 saturated heterocycles. The number of carbonyl (C=O) groups is 1. The van der Waals surface area contributed by atoms with Gasteiger partial charge in [0.1, 0.15) is 6.04 Å². The molecule has 2 rings (SSSR count). The van der Waals surface area contributed by atoms with Gasteiger partial charge in [0.2, 0.25) is 5.91 Å². The van der Waals surface area contributed by atoms with E-state index in [-0.39, 0.29) is 11.9 Å². The molecule has 1 amide bonds. The zero-order chi connectivity index (χ0) is 12.8. The first kappa shape index (κ1) is 12.8. The molecule has 0 saturated carbocycles. The highest BCUT2D eigenvalue weighted by molar-refractivity contribution is 7.80. The molecule has 0 aliphatic carbocycles. The Labute approximate surface area is 112 Å². The fourth-order valence-corrected chi connectivity index (χ4v) is 2.18. The Bertz CT molecular complexity index is 422. The molecule has 96 valence electrons. The third-order valence-corrected chi connectivity index (χ3v) is 3.09. The molecule has 1 aliphatic heterocycles. The Balaban J connectivity index is 1.88. The highest BCUT2D eigenvalue weighted by atomic mass is 32.1. The first-order valence-electron chi connectivity index (χ1n) is 6.16. The minimum Gasteiger partial charge on any atom is -0.354 e. The Morgan fingerprint density at radius 2 is 2.06 bits per heavy atom. The summed E-state index contributed by atoms with van der Waals surface area (Å²) in [7, 11) is 0. The lowest BCUT2D eigenvalue weighted by atomic mass is 10.1. The topological polar surface area (TPSA) is 53.2 Å². The van der Waals surface area contributed by atoms with Gasteiger partial charge in [-0.05, 0) is 43.6 Å². The molecule has 0 aromatic heterocycles. The highest BCUT2D eigenvalue weighted by Gasteiger charge is 2.20. The summed E-state index contributed by atoms with van der Waals surface area (Å²) >= 11 is 5.21. The summed E-state index contributed by atoms with van der Waals surface area (Å²) in [6.07, 6.45) is 2.88. The second-order valence-electron chi connectivity index (χ2n) is 4.30. The van der Waals surface area contributed by atoms with Crippen LogP contribution in [0, 0.1) is 0 Å². The van der Waals surface area contributed by atoms with Crippen molar-refractivity contribution in [3.63, 3.8) is 0 Å². The van der Waals surface area contributed by atoms with E-state index in [2.05, 4.69) is 16.0 Å². The SMILES string of the molecule is O=C1NCCCC[C@@H]1NC(=S)Nc1ccccc1. The van der Waals surface area contributed by atoms with E-state index in [1.54, 1.807) is 0 Å². The summed E-state index contributed by atoms with van der Waals surface area (Å²) < 4.78 is 0. The lowest BCUT2D eigenvalue weighted by Crippen LogP contribution is -2.46. The summed E-state index contributed by atoms with van der Waals surface area (Å²) in [4.78, 5) is 11.7. The maximum Gasteiger partial charge on any atom is 0.242 e. The summed E-state index contributed by atoms with van der Waals surface area (Å²) in [5.74, 6) is 0.0321. The Kier molecular flexibility index (Phi) is 4.52. The molecule has 1 aliphatic rings. The van der Waals surface area contributed by atoms with Gasteiger partial charge in [-0.25, -0.2) is 0 Å². The molecule has 1 atom stereocenters. The van der Waals surface area contributed by atoms with E-state index in [0.29, 0.717) is 5.11 Å². The first-order chi connectivity index (χ1) is 8.75. The molecule has 5 heteroatoms. The molecule has 0 radical (unpaired) electrons. The van der Waals surface area contributed by atoms with Crippen LogP contribution in [0.15, 0.2) is 30.3 Å². The molecule has 1 aromatic carbocycles. The number of hydrogen-bond acceptors (Lipinski definition) is 2. The smallest absolute Gasteiger partial charge is 0.242 e. The van der Waals surface area contributed by atoms with E-state index in [1.807, 2.05) is 30.3 Å². The minimum atomic E-state index is -0.226. The van der Waals surface area contributed by atoms with E-state index in [1.165, 1.54) is 0 Å². The van der Waals surface area contributed by atoms with E-state index < -0.39 is 0 Å². The van der Waals surface area contributed by atoms with Gasteiger partial charge in [0.25, 0.3) is 0 Å². The number of anilines is 1. The lowest BCUT2D eigenvalue weighted by molar-refractivity contribution is -0.122. The fraction of sp³-hybridized carbons (Fsp3) is 0.385. The van der Waals surface area contributed by atoms with Crippen molar-refractivity contribution in [2.45, 2.75) is 25.3 Å². The zero-order valence-electron chi connectivity index (χ0n) is 10.1. The van der Waals surface area contributed by atoms with Gasteiger partial charge in [0.15, 0.2) is 5.11 Å². The van der Waals surface area contributed by atoms with Gasteiger partial charge in [-0.2, -0.15) is 0 Å². The molecule has 18 heavy (non-hydrogen) atoms. The molecule has 1 heterocycles. The normalized spacial score (nSPS) is 19.6. The molecule has 0 spiro atoms. The van der Waals surface area contributed by atoms with Crippen molar-refractivity contribution in [3.8, 4) is 0 Å². The van der Waals surface area contributed by atoms with Gasteiger partial charge >= 0.3 is 0 Å². The van der Waals surface area contributed by atoms with Crippen LogP contribution in [0.25, 0.3) is 0 Å². The van der Waals surface area contributed by atoms with Crippen LogP contribution in [-0.2, 0) is 4.79 Å². The lowest BCUT2D eigenvalue weighted by Gasteiger charge is -2.17. The molecule has 3 N–H and O–H groups in total. The van der Waals surface area contributed by atoms with E-state index in [0.717, 1.165) is 31.5 Å². The second kappa shape index (κ2) is 6.35. The summed E-state index contributed by atoms with van der Waals surface area (Å²) in [5.41, 5.74) is 0.920. The van der Waals surface area contributed by atoms with Gasteiger partial charge in [-0.15, -0.1) is 0 Å². The van der Waals surface area contributed by atoms with E-state index >= 15 is 0 Å². The Hall–Kier alpha value is -1.62. The van der Waals surface area contributed by atoms with Crippen LogP contribution < -0.4 is 16.0 Å². The number of benzene rings is 1. The van der Waals surface area contributed by atoms with Crippen LogP contribution in [0.1, 0.15) is 19.3 Å². The second-order valence-corrected chi connectivity index (χ2v) is 4.71. The number of rotatable bonds is 2. The number of hydrogen-bond donors (Lipinski definition) is 3. The third kappa shape index (κ3) is 3.70. The monoisotopic (exact) mass is 263 g/mol. The number of para-hydroxylation sites is 1. The Morgan fingerprint density at radius 3 is 2.83 bits per heavy atom. The molecule has 1 fully saturated rings. The van der Waals surface area contributed by atoms with Crippen molar-refractivity contribution in [2.24, 2.45) is 0 Å². The number of nitrogens with one attached hydrogen (secondary N) is 3. The van der Waals surface area contributed by atoms with Gasteiger partial charge in [0, 0.05) is 12.2 Å². The van der Waals surface area contributed by atoms with Crippen LogP contribution in [0.4, 0.5) is 5.69 Å². The van der Waals surface area contributed by atoms with Crippen molar-refractivity contribution >= 4 is 28.9 Å². The minimum absolute atomic E-state index is 0.0321. The standard InChI is InChI=1S/C13H17N3OS/c17-12-11(8-4-5-9-14-12)16-13(18)15-10-6-2-1-3-7-10/h1-3,6-7,11H,4-5,8-9H2,(H,14,17)(H2,15,16,18)/t11-/m0/s1. The number of thiocarbonyl (C=S) groups is 1. The fourth-order valence-electron chi connectivity index (χ4n) is 1.92. The van der Waals surface area contributed by atoms with Crippen LogP contribution in [0.3, 0.4) is 0 Å². The average molecular weight is 263 g/mol. The molecule has 0 unspecified atom stereocenters. The highest BCUT2D eigenvalue weighted by Crippen LogP contribution is 2.07. The van der Waals surface area contributed by atoms with Crippen LogP contribution >= 0.6 is 12.2 Å². The van der Waals surface area contributed by atoms with Crippen LogP contribution in [0.2, 0.25) is 0 Å². The maximum atomic E-state index is 11.7. The van der Waals surface area contributed by atoms with Gasteiger partial charge in [0.05, 0.1) is 0 Å². The Morgan fingerprint density at radius 1 is 1.28 bits per heavy atom. The predicted molar refractivity (Wildman–Crippen MR) is 76.4 cm³/mol. The largest absolute Gasteiger partial charge is 0.354 e. The summed E-state index contributed by atoms with van der Waals surface area (Å²) in [6, 6.07) is 9.45. The number of amides is 1. The van der Waals surface area contributed by atoms with Crippen molar-refractivity contribution in [1.82, 2.24) is 10.6 Å². The quantitative estimate of drug-likeness (QED) is 0.710. The molecule has 4 nitrogen and oxygen atoms in total. The van der Waals surface area contributed by atoms with E-state index in [4.69, 9.17) is 12.2 Å². The zero-order valence-corrected chi connectivity index (χ0v) is 10.9. The maximum absolute atomic E-state index is 11.7. The van der Waals surface area contributed by atoms with Gasteiger partial charge in [-0.1, -0.05) is 18.2 Å². The van der Waals surface area contributed by atoms with Crippen LogP contribution in [-0.4, -0.2) is 23.6 Å². The molecular formula is C13H17N3OS. The van der Waals surface area contributed by atoms with Crippen molar-refractivity contribution in [2.75, 3.05) is 11.9 Å². The number of carbonyl (C=O) groups excluding carboxylic acids is 1. The average Bonchev–Trinajstić information content (AvgIpc) is 2.56. The van der Waals surface area contributed by atoms with E-state index in [9.17, 15) is 4.79 Å². The van der Waals surface area contributed by atoms with Crippen molar-refractivity contribution < 1.29 is 4.79 Å². The molecular weight excluding hydrogens is 246 g/mol. The van der Waals surface area contributed by atoms with Crippen molar-refractivity contribution in [1.29, 1.82) is 0 Å². The van der Waals surface area contributed by atoms with Gasteiger partial charge in [-0.3, -0.25) is 4.79 Å². The summed E-state index contributed by atoms with van der Waals surface area (Å²) in [6.45, 7) is 0.760. The summed E-state index contributed by atoms with van der Waals surface area (Å²) in [5, 5.41) is 9.50. The first-order valence-corrected chi connectivity index (χ1v) is 6.57. The molecule has 0 bridgehead atoms. The van der Waals surface area contributed by atoms with Crippen molar-refractivity contribution in [3.05, 3.63) is 30.3 Å².